The second kappa shape index (κ2) is 5.88. The Labute approximate surface area is 122 Å². The average molecular weight is 303 g/mol. The number of nitrogens with zero attached hydrogens (tertiary/aromatic N) is 1. The van der Waals surface area contributed by atoms with E-state index in [2.05, 4.69) is 0 Å². The first kappa shape index (κ1) is 17.2. The Balaban J connectivity index is 2.85. The van der Waals surface area contributed by atoms with Crippen LogP contribution in [0.2, 0.25) is 0 Å². The summed E-state index contributed by atoms with van der Waals surface area (Å²) in [7, 11) is 0. The molecule has 1 fully saturated rings. The summed E-state index contributed by atoms with van der Waals surface area (Å²) < 4.78 is 5.20. The van der Waals surface area contributed by atoms with Gasteiger partial charge in [0.2, 0.25) is 0 Å². The van der Waals surface area contributed by atoms with E-state index in [-0.39, 0.29) is 0 Å². The summed E-state index contributed by atoms with van der Waals surface area (Å²) in [5.41, 5.74) is -3.62. The van der Waals surface area contributed by atoms with Crippen molar-refractivity contribution in [1.82, 2.24) is 4.90 Å². The van der Waals surface area contributed by atoms with Gasteiger partial charge in [0.15, 0.2) is 0 Å². The van der Waals surface area contributed by atoms with Crippen LogP contribution in [0.1, 0.15) is 40.0 Å². The fourth-order valence-corrected chi connectivity index (χ4v) is 2.22. The van der Waals surface area contributed by atoms with E-state index in [1.807, 2.05) is 0 Å². The van der Waals surface area contributed by atoms with E-state index in [0.717, 1.165) is 0 Å². The fourth-order valence-electron chi connectivity index (χ4n) is 2.22. The molecule has 21 heavy (non-hydrogen) atoms. The standard InChI is InChI=1S/C13H21NO7/c1-12(2,3)21-11(19)14-6-4-5-8(14)7-13(20,9(15)16)10(17)18/h8,20H,4-7H2,1-3H3,(H,15,16)(H,17,18). The maximum Gasteiger partial charge on any atom is 0.410 e. The maximum atomic E-state index is 12.0. The molecule has 0 aliphatic carbocycles. The third-order valence-electron chi connectivity index (χ3n) is 3.24. The van der Waals surface area contributed by atoms with Gasteiger partial charge in [-0.05, 0) is 33.6 Å². The van der Waals surface area contributed by atoms with Crippen molar-refractivity contribution in [2.45, 2.75) is 57.3 Å². The van der Waals surface area contributed by atoms with Crippen molar-refractivity contribution in [1.29, 1.82) is 0 Å². The van der Waals surface area contributed by atoms with Crippen molar-refractivity contribution in [3.05, 3.63) is 0 Å². The molecule has 8 nitrogen and oxygen atoms in total. The van der Waals surface area contributed by atoms with Gasteiger partial charge in [-0.3, -0.25) is 0 Å². The smallest absolute Gasteiger partial charge is 0.410 e. The number of likely N-dealkylation sites (tertiary alicyclic amines) is 1. The summed E-state index contributed by atoms with van der Waals surface area (Å²) in [6.07, 6.45) is -0.193. The SMILES string of the molecule is CC(C)(C)OC(=O)N1CCCC1CC(O)(C(=O)O)C(=O)O. The van der Waals surface area contributed by atoms with Crippen LogP contribution >= 0.6 is 0 Å². The summed E-state index contributed by atoms with van der Waals surface area (Å²) in [6.45, 7) is 5.43. The Bertz CT molecular complexity index is 426. The third-order valence-corrected chi connectivity index (χ3v) is 3.24. The van der Waals surface area contributed by atoms with Gasteiger partial charge in [0.1, 0.15) is 5.60 Å². The molecule has 0 aromatic carbocycles. The van der Waals surface area contributed by atoms with Crippen LogP contribution in [0.15, 0.2) is 0 Å². The van der Waals surface area contributed by atoms with Crippen molar-refractivity contribution in [3.63, 3.8) is 0 Å². The highest BCUT2D eigenvalue weighted by Crippen LogP contribution is 2.27. The number of carboxylic acid groups (broad SMARTS) is 2. The number of hydrogen-bond acceptors (Lipinski definition) is 5. The summed E-state index contributed by atoms with van der Waals surface area (Å²) in [4.78, 5) is 35.3. The first-order valence-corrected chi connectivity index (χ1v) is 6.66. The van der Waals surface area contributed by atoms with E-state index < -0.39 is 41.7 Å². The number of aliphatic hydroxyl groups is 1. The van der Waals surface area contributed by atoms with Crippen molar-refractivity contribution in [2.24, 2.45) is 0 Å². The van der Waals surface area contributed by atoms with E-state index >= 15 is 0 Å². The summed E-state index contributed by atoms with van der Waals surface area (Å²) in [5.74, 6) is -3.68. The minimum atomic E-state index is -2.91. The molecule has 1 atom stereocenters. The fraction of sp³-hybridized carbons (Fsp3) is 0.769. The Morgan fingerprint density at radius 2 is 1.71 bits per heavy atom. The van der Waals surface area contributed by atoms with Gasteiger partial charge in [0.25, 0.3) is 5.60 Å². The van der Waals surface area contributed by atoms with Gasteiger partial charge >= 0.3 is 18.0 Å². The second-order valence-electron chi connectivity index (χ2n) is 6.14. The quantitative estimate of drug-likeness (QED) is 0.652. The van der Waals surface area contributed by atoms with Crippen molar-refractivity contribution >= 4 is 18.0 Å². The third kappa shape index (κ3) is 4.07. The predicted molar refractivity (Wildman–Crippen MR) is 70.8 cm³/mol. The van der Waals surface area contributed by atoms with Gasteiger partial charge in [0, 0.05) is 19.0 Å². The Hall–Kier alpha value is -1.83. The van der Waals surface area contributed by atoms with E-state index in [1.165, 1.54) is 4.90 Å². The van der Waals surface area contributed by atoms with Crippen LogP contribution in [0.4, 0.5) is 4.79 Å². The minimum absolute atomic E-state index is 0.342. The molecule has 1 heterocycles. The summed E-state index contributed by atoms with van der Waals surface area (Å²) in [6, 6.07) is -0.683. The number of carbonyl (C=O) groups excluding carboxylic acids is 1. The highest BCUT2D eigenvalue weighted by atomic mass is 16.6. The lowest BCUT2D eigenvalue weighted by molar-refractivity contribution is -0.178. The topological polar surface area (TPSA) is 124 Å². The van der Waals surface area contributed by atoms with Crippen LogP contribution in [-0.4, -0.2) is 62.0 Å². The molecule has 0 bridgehead atoms. The van der Waals surface area contributed by atoms with Gasteiger partial charge < -0.3 is 25.0 Å². The van der Waals surface area contributed by atoms with Crippen LogP contribution in [0.3, 0.4) is 0 Å². The number of rotatable bonds is 4. The largest absolute Gasteiger partial charge is 0.479 e. The lowest BCUT2D eigenvalue weighted by atomic mass is 9.93. The zero-order valence-corrected chi connectivity index (χ0v) is 12.3. The van der Waals surface area contributed by atoms with Crippen molar-refractivity contribution < 1.29 is 34.4 Å². The average Bonchev–Trinajstić information content (AvgIpc) is 2.73. The molecule has 1 saturated heterocycles. The van der Waals surface area contributed by atoms with Crippen LogP contribution in [0.5, 0.6) is 0 Å². The molecule has 0 aromatic heterocycles. The second-order valence-corrected chi connectivity index (χ2v) is 6.14. The normalized spacial score (nSPS) is 19.4. The van der Waals surface area contributed by atoms with Crippen LogP contribution < -0.4 is 0 Å². The Morgan fingerprint density at radius 3 is 2.14 bits per heavy atom. The number of hydrogen-bond donors (Lipinski definition) is 3. The van der Waals surface area contributed by atoms with E-state index in [4.69, 9.17) is 14.9 Å². The first-order chi connectivity index (χ1) is 9.47. The molecule has 1 rings (SSSR count). The van der Waals surface area contributed by atoms with Crippen LogP contribution in [0.25, 0.3) is 0 Å². The number of ether oxygens (including phenoxy) is 1. The van der Waals surface area contributed by atoms with Gasteiger partial charge in [0.05, 0.1) is 0 Å². The molecule has 1 amide bonds. The lowest BCUT2D eigenvalue weighted by Gasteiger charge is -2.31. The molecule has 0 aromatic rings. The number of amides is 1. The summed E-state index contributed by atoms with van der Waals surface area (Å²) in [5, 5.41) is 27.6. The molecule has 8 heteroatoms. The Kier molecular flexibility index (Phi) is 4.83. The highest BCUT2D eigenvalue weighted by Gasteiger charge is 2.49. The van der Waals surface area contributed by atoms with Crippen molar-refractivity contribution in [2.75, 3.05) is 6.54 Å². The molecular formula is C13H21NO7. The molecular weight excluding hydrogens is 282 g/mol. The lowest BCUT2D eigenvalue weighted by Crippen LogP contribution is -2.52. The molecule has 3 N–H and O–H groups in total. The Morgan fingerprint density at radius 1 is 1.19 bits per heavy atom. The molecule has 0 spiro atoms. The monoisotopic (exact) mass is 303 g/mol. The molecule has 1 aliphatic heterocycles. The van der Waals surface area contributed by atoms with Gasteiger partial charge in [-0.1, -0.05) is 0 Å². The van der Waals surface area contributed by atoms with Crippen LogP contribution in [-0.2, 0) is 14.3 Å². The van der Waals surface area contributed by atoms with Crippen LogP contribution in [0, 0.1) is 0 Å². The van der Waals surface area contributed by atoms with Gasteiger partial charge in [-0.25, -0.2) is 14.4 Å². The first-order valence-electron chi connectivity index (χ1n) is 6.66. The zero-order chi connectivity index (χ0) is 16.4. The van der Waals surface area contributed by atoms with E-state index in [9.17, 15) is 19.5 Å². The summed E-state index contributed by atoms with van der Waals surface area (Å²) >= 11 is 0. The van der Waals surface area contributed by atoms with Gasteiger partial charge in [-0.15, -0.1) is 0 Å². The predicted octanol–water partition coefficient (Wildman–Crippen LogP) is 0.676. The van der Waals surface area contributed by atoms with Crippen molar-refractivity contribution in [3.8, 4) is 0 Å². The van der Waals surface area contributed by atoms with Gasteiger partial charge in [-0.2, -0.15) is 0 Å². The zero-order valence-electron chi connectivity index (χ0n) is 12.3. The minimum Gasteiger partial charge on any atom is -0.479 e. The van der Waals surface area contributed by atoms with E-state index in [0.29, 0.717) is 19.4 Å². The number of carbonyl (C=O) groups is 3. The van der Waals surface area contributed by atoms with E-state index in [1.54, 1.807) is 20.8 Å². The molecule has 120 valence electrons. The number of aliphatic carboxylic acids is 2. The molecule has 0 radical (unpaired) electrons. The maximum absolute atomic E-state index is 12.0. The number of carboxylic acids is 2. The molecule has 0 saturated carbocycles. The molecule has 1 unspecified atom stereocenters. The highest BCUT2D eigenvalue weighted by molar-refractivity contribution is 6.01. The molecule has 1 aliphatic rings.